The van der Waals surface area contributed by atoms with Gasteiger partial charge in [0.15, 0.2) is 0 Å². The van der Waals surface area contributed by atoms with E-state index in [-0.39, 0.29) is 0 Å². The van der Waals surface area contributed by atoms with E-state index in [2.05, 4.69) is 101 Å². The molecule has 5 aromatic rings. The highest BCUT2D eigenvalue weighted by molar-refractivity contribution is 6.08. The molecule has 0 saturated heterocycles. The fourth-order valence-electron chi connectivity index (χ4n) is 5.53. The lowest BCUT2D eigenvalue weighted by Crippen LogP contribution is -2.07. The summed E-state index contributed by atoms with van der Waals surface area (Å²) in [6.45, 7) is 0. The van der Waals surface area contributed by atoms with E-state index in [1.807, 2.05) is 60.7 Å². The predicted molar refractivity (Wildman–Crippen MR) is 179 cm³/mol. The fraction of sp³-hybridized carbons (Fsp3) is 0.0526. The predicted octanol–water partition coefficient (Wildman–Crippen LogP) is 8.92. The van der Waals surface area contributed by atoms with Crippen LogP contribution in [0.3, 0.4) is 0 Å². The minimum Gasteiger partial charge on any atom is -0.354 e. The molecule has 7 rings (SSSR count). The van der Waals surface area contributed by atoms with E-state index in [4.69, 9.17) is 9.98 Å². The quantitative estimate of drug-likeness (QED) is 0.195. The summed E-state index contributed by atoms with van der Waals surface area (Å²) < 4.78 is 0. The highest BCUT2D eigenvalue weighted by Gasteiger charge is 2.21. The van der Waals surface area contributed by atoms with Crippen LogP contribution in [0.1, 0.15) is 35.4 Å². The number of aromatic nitrogens is 1. The summed E-state index contributed by atoms with van der Waals surface area (Å²) in [4.78, 5) is 13.8. The molecule has 0 fully saturated rings. The number of para-hydroxylation sites is 2. The normalized spacial score (nSPS) is 16.5. The molecule has 0 bridgehead atoms. The van der Waals surface area contributed by atoms with Gasteiger partial charge in [0.05, 0.1) is 11.4 Å². The highest BCUT2D eigenvalue weighted by atomic mass is 15.0. The molecule has 0 unspecified atom stereocenters. The largest absolute Gasteiger partial charge is 0.354 e. The first-order valence-corrected chi connectivity index (χ1v) is 14.6. The monoisotopic (exact) mass is 557 g/mol. The van der Waals surface area contributed by atoms with Crippen LogP contribution in [-0.4, -0.2) is 16.7 Å². The van der Waals surface area contributed by atoms with Gasteiger partial charge >= 0.3 is 0 Å². The molecule has 208 valence electrons. The summed E-state index contributed by atoms with van der Waals surface area (Å²) in [5.41, 5.74) is 10.5. The maximum atomic E-state index is 5.09. The molecule has 0 saturated carbocycles. The zero-order valence-electron chi connectivity index (χ0n) is 23.7. The topological polar surface area (TPSA) is 64.6 Å². The molecule has 0 radical (unpaired) electrons. The van der Waals surface area contributed by atoms with Crippen LogP contribution in [0.25, 0.3) is 11.1 Å². The number of benzene rings is 4. The van der Waals surface area contributed by atoms with Crippen molar-refractivity contribution in [2.24, 2.45) is 9.98 Å². The molecule has 4 aromatic carbocycles. The molecular weight excluding hydrogens is 526 g/mol. The van der Waals surface area contributed by atoms with Gasteiger partial charge in [0, 0.05) is 40.3 Å². The van der Waals surface area contributed by atoms with E-state index in [1.54, 1.807) is 0 Å². The number of hydrogen-bond acceptors (Lipinski definition) is 4. The maximum absolute atomic E-state index is 5.09. The van der Waals surface area contributed by atoms with E-state index in [1.165, 1.54) is 0 Å². The number of anilines is 2. The zero-order chi connectivity index (χ0) is 28.8. The number of aliphatic imine (C=N–C) groups is 2. The number of rotatable bonds is 6. The van der Waals surface area contributed by atoms with Crippen LogP contribution in [0.2, 0.25) is 0 Å². The van der Waals surface area contributed by atoms with E-state index < -0.39 is 0 Å². The average molecular weight is 558 g/mol. The van der Waals surface area contributed by atoms with Crippen molar-refractivity contribution < 1.29 is 0 Å². The molecule has 3 heterocycles. The first-order valence-electron chi connectivity index (χ1n) is 14.6. The van der Waals surface area contributed by atoms with E-state index in [0.29, 0.717) is 0 Å². The molecule has 1 aromatic heterocycles. The number of allylic oxidation sites excluding steroid dienone is 2. The van der Waals surface area contributed by atoms with Gasteiger partial charge < -0.3 is 15.6 Å². The van der Waals surface area contributed by atoms with Crippen molar-refractivity contribution in [3.05, 3.63) is 180 Å². The molecule has 0 amide bonds. The van der Waals surface area contributed by atoms with Crippen molar-refractivity contribution in [3.63, 3.8) is 0 Å². The van der Waals surface area contributed by atoms with Gasteiger partial charge in [0.1, 0.15) is 11.7 Å². The SMILES string of the molecule is C1=CC(=C(c2ccccc2)c2ccc(C(=C3CCC(Nc4ccccc4)=N3)c3ccccc3)[nH]2)N=C1Nc1ccccc1. The van der Waals surface area contributed by atoms with Crippen molar-refractivity contribution in [1.29, 1.82) is 0 Å². The van der Waals surface area contributed by atoms with Gasteiger partial charge in [-0.25, -0.2) is 9.98 Å². The van der Waals surface area contributed by atoms with Gasteiger partial charge in [-0.05, 0) is 66.1 Å². The maximum Gasteiger partial charge on any atom is 0.131 e. The molecule has 3 N–H and O–H groups in total. The van der Waals surface area contributed by atoms with Crippen LogP contribution in [0.4, 0.5) is 11.4 Å². The average Bonchev–Trinajstić information content (AvgIpc) is 3.83. The summed E-state index contributed by atoms with van der Waals surface area (Å²) in [6.07, 6.45) is 5.83. The Balaban J connectivity index is 1.29. The highest BCUT2D eigenvalue weighted by Crippen LogP contribution is 2.36. The van der Waals surface area contributed by atoms with Crippen molar-refractivity contribution in [2.75, 3.05) is 10.6 Å². The summed E-state index contributed by atoms with van der Waals surface area (Å²) in [5.74, 6) is 1.80. The molecule has 43 heavy (non-hydrogen) atoms. The van der Waals surface area contributed by atoms with Crippen molar-refractivity contribution in [2.45, 2.75) is 12.8 Å². The minimum atomic E-state index is 0.812. The second-order valence-electron chi connectivity index (χ2n) is 10.5. The third-order valence-corrected chi connectivity index (χ3v) is 7.51. The van der Waals surface area contributed by atoms with E-state index >= 15 is 0 Å². The van der Waals surface area contributed by atoms with Gasteiger partial charge in [-0.3, -0.25) is 0 Å². The van der Waals surface area contributed by atoms with Crippen molar-refractivity contribution >= 4 is 34.2 Å². The zero-order valence-corrected chi connectivity index (χ0v) is 23.7. The Hall–Kier alpha value is -5.68. The molecule has 5 heteroatoms. The molecule has 2 aliphatic rings. The minimum absolute atomic E-state index is 0.812. The summed E-state index contributed by atoms with van der Waals surface area (Å²) in [6, 6.07) is 45.6. The van der Waals surface area contributed by atoms with Crippen LogP contribution in [0.15, 0.2) is 167 Å². The van der Waals surface area contributed by atoms with Crippen molar-refractivity contribution in [3.8, 4) is 0 Å². The third-order valence-electron chi connectivity index (χ3n) is 7.51. The molecule has 0 aliphatic carbocycles. The Morgan fingerprint density at radius 3 is 1.67 bits per heavy atom. The number of hydrogen-bond donors (Lipinski definition) is 3. The van der Waals surface area contributed by atoms with Gasteiger partial charge in [0.25, 0.3) is 0 Å². The Kier molecular flexibility index (Phi) is 7.35. The van der Waals surface area contributed by atoms with E-state index in [0.717, 1.165) is 80.9 Å². The lowest BCUT2D eigenvalue weighted by molar-refractivity contribution is 1.06. The third kappa shape index (κ3) is 5.88. The van der Waals surface area contributed by atoms with E-state index in [9.17, 15) is 0 Å². The second-order valence-corrected chi connectivity index (χ2v) is 10.5. The van der Waals surface area contributed by atoms with Crippen LogP contribution in [0.5, 0.6) is 0 Å². The summed E-state index contributed by atoms with van der Waals surface area (Å²) in [5, 5.41) is 6.92. The van der Waals surface area contributed by atoms with Gasteiger partial charge in [-0.15, -0.1) is 0 Å². The Labute approximate surface area is 251 Å². The molecular formula is C38H31N5. The number of nitrogens with one attached hydrogen (secondary N) is 3. The second kappa shape index (κ2) is 12.0. The Morgan fingerprint density at radius 1 is 0.512 bits per heavy atom. The standard InChI is InChI=1S/C38H31N5/c1-5-13-27(14-6-1)37(33-23-25-35(42-33)39-29-17-9-3-10-18-29)31-21-22-32(41-31)38(28-15-7-2-8-16-28)34-24-26-36(43-34)40-30-19-11-4-12-20-30/h1-23,25,41H,24,26H2,(H,39,42)(H,40,43). The Morgan fingerprint density at radius 2 is 1.05 bits per heavy atom. The van der Waals surface area contributed by atoms with Crippen LogP contribution in [-0.2, 0) is 0 Å². The molecule has 0 spiro atoms. The molecule has 2 aliphatic heterocycles. The lowest BCUT2D eigenvalue weighted by Gasteiger charge is -2.11. The number of nitrogens with zero attached hydrogens (tertiary/aromatic N) is 2. The van der Waals surface area contributed by atoms with Crippen molar-refractivity contribution in [1.82, 2.24) is 4.98 Å². The van der Waals surface area contributed by atoms with Gasteiger partial charge in [-0.1, -0.05) is 97.1 Å². The van der Waals surface area contributed by atoms with Gasteiger partial charge in [0.2, 0.25) is 0 Å². The number of amidine groups is 2. The number of aromatic amines is 1. The number of H-pyrrole nitrogens is 1. The van der Waals surface area contributed by atoms with Crippen LogP contribution < -0.4 is 10.6 Å². The molecule has 5 nitrogen and oxygen atoms in total. The molecule has 0 atom stereocenters. The smallest absolute Gasteiger partial charge is 0.131 e. The van der Waals surface area contributed by atoms with Crippen LogP contribution in [0, 0.1) is 0 Å². The summed E-state index contributed by atoms with van der Waals surface area (Å²) >= 11 is 0. The summed E-state index contributed by atoms with van der Waals surface area (Å²) in [7, 11) is 0. The first-order chi connectivity index (χ1) is 21.3. The van der Waals surface area contributed by atoms with Crippen LogP contribution >= 0.6 is 0 Å². The van der Waals surface area contributed by atoms with Gasteiger partial charge in [-0.2, -0.15) is 0 Å². The Bertz CT molecular complexity index is 1880. The lowest BCUT2D eigenvalue weighted by atomic mass is 9.99. The first kappa shape index (κ1) is 26.2. The fourth-order valence-corrected chi connectivity index (χ4v) is 5.53.